The number of rotatable bonds is 6. The molecule has 0 aromatic heterocycles. The standard InChI is InChI=1S/C18H19ClN2O3/c1-12-8-9-15(14(19)10-12)21-16(22)11-20-18(23)17(24-2)13-6-4-3-5-7-13/h3-10,17H,11H2,1-2H3,(H,20,23)(H,21,22)/t17-/m1/s1. The predicted molar refractivity (Wildman–Crippen MR) is 94.0 cm³/mol. The highest BCUT2D eigenvalue weighted by atomic mass is 35.5. The van der Waals surface area contributed by atoms with E-state index in [-0.39, 0.29) is 18.4 Å². The maximum absolute atomic E-state index is 12.2. The third-order valence-corrected chi connectivity index (χ3v) is 3.71. The summed E-state index contributed by atoms with van der Waals surface area (Å²) in [5.41, 5.74) is 2.23. The van der Waals surface area contributed by atoms with Crippen LogP contribution in [0.3, 0.4) is 0 Å². The fourth-order valence-corrected chi connectivity index (χ4v) is 2.48. The molecule has 0 saturated heterocycles. The second kappa shape index (κ2) is 8.47. The Morgan fingerprint density at radius 3 is 2.50 bits per heavy atom. The van der Waals surface area contributed by atoms with Crippen LogP contribution in [0.1, 0.15) is 17.2 Å². The van der Waals surface area contributed by atoms with Crippen LogP contribution < -0.4 is 10.6 Å². The van der Waals surface area contributed by atoms with Gasteiger partial charge in [0, 0.05) is 7.11 Å². The van der Waals surface area contributed by atoms with Gasteiger partial charge in [-0.15, -0.1) is 0 Å². The molecule has 0 radical (unpaired) electrons. The van der Waals surface area contributed by atoms with Crippen molar-refractivity contribution >= 4 is 29.1 Å². The van der Waals surface area contributed by atoms with Gasteiger partial charge in [0.25, 0.3) is 5.91 Å². The van der Waals surface area contributed by atoms with Crippen LogP contribution in [-0.2, 0) is 14.3 Å². The molecular formula is C18H19ClN2O3. The van der Waals surface area contributed by atoms with Crippen LogP contribution in [0.4, 0.5) is 5.69 Å². The lowest BCUT2D eigenvalue weighted by Gasteiger charge is -2.15. The molecule has 0 spiro atoms. The quantitative estimate of drug-likeness (QED) is 0.844. The zero-order chi connectivity index (χ0) is 17.5. The van der Waals surface area contributed by atoms with Crippen molar-refractivity contribution in [3.05, 3.63) is 64.7 Å². The topological polar surface area (TPSA) is 67.4 Å². The van der Waals surface area contributed by atoms with Crippen molar-refractivity contribution in [3.63, 3.8) is 0 Å². The molecule has 2 aromatic carbocycles. The zero-order valence-electron chi connectivity index (χ0n) is 13.5. The lowest BCUT2D eigenvalue weighted by molar-refractivity contribution is -0.132. The van der Waals surface area contributed by atoms with Crippen LogP contribution >= 0.6 is 11.6 Å². The minimum atomic E-state index is -0.762. The number of hydrogen-bond donors (Lipinski definition) is 2. The van der Waals surface area contributed by atoms with Crippen LogP contribution in [0, 0.1) is 6.92 Å². The summed E-state index contributed by atoms with van der Waals surface area (Å²) in [5.74, 6) is -0.745. The molecule has 24 heavy (non-hydrogen) atoms. The number of methoxy groups -OCH3 is 1. The molecule has 2 N–H and O–H groups in total. The van der Waals surface area contributed by atoms with E-state index in [2.05, 4.69) is 10.6 Å². The normalized spacial score (nSPS) is 11.6. The first-order valence-electron chi connectivity index (χ1n) is 7.42. The molecule has 0 aliphatic carbocycles. The Kier molecular flexibility index (Phi) is 6.35. The Morgan fingerprint density at radius 2 is 1.88 bits per heavy atom. The Morgan fingerprint density at radius 1 is 1.17 bits per heavy atom. The predicted octanol–water partition coefficient (Wildman–Crippen LogP) is 3.09. The van der Waals surface area contributed by atoms with Crippen molar-refractivity contribution in [2.75, 3.05) is 19.0 Å². The summed E-state index contributed by atoms with van der Waals surface area (Å²) < 4.78 is 5.22. The zero-order valence-corrected chi connectivity index (χ0v) is 14.3. The van der Waals surface area contributed by atoms with Crippen molar-refractivity contribution in [2.45, 2.75) is 13.0 Å². The van der Waals surface area contributed by atoms with E-state index in [1.54, 1.807) is 24.3 Å². The van der Waals surface area contributed by atoms with E-state index in [0.29, 0.717) is 10.7 Å². The van der Waals surface area contributed by atoms with Crippen molar-refractivity contribution in [3.8, 4) is 0 Å². The molecular weight excluding hydrogens is 328 g/mol. The number of benzene rings is 2. The van der Waals surface area contributed by atoms with Gasteiger partial charge in [0.1, 0.15) is 0 Å². The number of halogens is 1. The number of amides is 2. The molecule has 126 valence electrons. The smallest absolute Gasteiger partial charge is 0.254 e. The number of nitrogens with one attached hydrogen (secondary N) is 2. The Bertz CT molecular complexity index is 719. The number of aryl methyl sites for hydroxylation is 1. The van der Waals surface area contributed by atoms with E-state index in [1.165, 1.54) is 7.11 Å². The van der Waals surface area contributed by atoms with E-state index in [1.807, 2.05) is 31.2 Å². The molecule has 6 heteroatoms. The van der Waals surface area contributed by atoms with Crippen LogP contribution in [0.5, 0.6) is 0 Å². The molecule has 0 heterocycles. The molecule has 1 atom stereocenters. The first-order valence-corrected chi connectivity index (χ1v) is 7.80. The number of ether oxygens (including phenoxy) is 1. The summed E-state index contributed by atoms with van der Waals surface area (Å²) in [7, 11) is 1.45. The molecule has 2 amide bonds. The van der Waals surface area contributed by atoms with Crippen LogP contribution in [-0.4, -0.2) is 25.5 Å². The van der Waals surface area contributed by atoms with Crippen LogP contribution in [0.2, 0.25) is 5.02 Å². The molecule has 5 nitrogen and oxygen atoms in total. The van der Waals surface area contributed by atoms with Crippen LogP contribution in [0.15, 0.2) is 48.5 Å². The van der Waals surface area contributed by atoms with E-state index in [4.69, 9.17) is 16.3 Å². The van der Waals surface area contributed by atoms with Crippen molar-refractivity contribution in [1.29, 1.82) is 0 Å². The molecule has 2 aromatic rings. The van der Waals surface area contributed by atoms with Crippen molar-refractivity contribution in [2.24, 2.45) is 0 Å². The second-order valence-corrected chi connectivity index (χ2v) is 5.68. The highest BCUT2D eigenvalue weighted by Gasteiger charge is 2.20. The van der Waals surface area contributed by atoms with Gasteiger partial charge in [-0.3, -0.25) is 9.59 Å². The largest absolute Gasteiger partial charge is 0.367 e. The highest BCUT2D eigenvalue weighted by molar-refractivity contribution is 6.33. The fraction of sp³-hybridized carbons (Fsp3) is 0.222. The third kappa shape index (κ3) is 4.81. The summed E-state index contributed by atoms with van der Waals surface area (Å²) in [5, 5.41) is 5.68. The lowest BCUT2D eigenvalue weighted by Crippen LogP contribution is -2.36. The summed E-state index contributed by atoms with van der Waals surface area (Å²) in [6.45, 7) is 1.74. The lowest BCUT2D eigenvalue weighted by atomic mass is 10.1. The van der Waals surface area contributed by atoms with Gasteiger partial charge in [0.05, 0.1) is 17.3 Å². The van der Waals surface area contributed by atoms with Gasteiger partial charge in [-0.1, -0.05) is 48.0 Å². The molecule has 0 bridgehead atoms. The minimum absolute atomic E-state index is 0.171. The third-order valence-electron chi connectivity index (χ3n) is 3.40. The van der Waals surface area contributed by atoms with Gasteiger partial charge in [-0.25, -0.2) is 0 Å². The van der Waals surface area contributed by atoms with Crippen LogP contribution in [0.25, 0.3) is 0 Å². The first-order chi connectivity index (χ1) is 11.5. The Balaban J connectivity index is 1.92. The van der Waals surface area contributed by atoms with Crippen molar-refractivity contribution < 1.29 is 14.3 Å². The molecule has 0 unspecified atom stereocenters. The Hall–Kier alpha value is -2.37. The van der Waals surface area contributed by atoms with Gasteiger partial charge in [-0.2, -0.15) is 0 Å². The average Bonchev–Trinajstić information content (AvgIpc) is 2.57. The summed E-state index contributed by atoms with van der Waals surface area (Å²) in [4.78, 5) is 24.2. The maximum atomic E-state index is 12.2. The summed E-state index contributed by atoms with van der Waals surface area (Å²) >= 11 is 6.07. The van der Waals surface area contributed by atoms with Crippen molar-refractivity contribution in [1.82, 2.24) is 5.32 Å². The van der Waals surface area contributed by atoms with Gasteiger partial charge in [0.2, 0.25) is 5.91 Å². The molecule has 0 aliphatic heterocycles. The molecule has 0 saturated carbocycles. The average molecular weight is 347 g/mol. The number of anilines is 1. The number of carbonyl (C=O) groups excluding carboxylic acids is 2. The first kappa shape index (κ1) is 18.0. The number of hydrogen-bond acceptors (Lipinski definition) is 3. The molecule has 0 aliphatic rings. The van der Waals surface area contributed by atoms with E-state index in [9.17, 15) is 9.59 Å². The van der Waals surface area contributed by atoms with Gasteiger partial charge < -0.3 is 15.4 Å². The SMILES string of the molecule is CO[C@@H](C(=O)NCC(=O)Nc1ccc(C)cc1Cl)c1ccccc1. The van der Waals surface area contributed by atoms with Gasteiger partial charge in [-0.05, 0) is 30.2 Å². The van der Waals surface area contributed by atoms with Gasteiger partial charge >= 0.3 is 0 Å². The highest BCUT2D eigenvalue weighted by Crippen LogP contribution is 2.22. The van der Waals surface area contributed by atoms with Gasteiger partial charge in [0.15, 0.2) is 6.10 Å². The summed E-state index contributed by atoms with van der Waals surface area (Å²) in [6, 6.07) is 14.4. The van der Waals surface area contributed by atoms with E-state index >= 15 is 0 Å². The second-order valence-electron chi connectivity index (χ2n) is 5.28. The number of carbonyl (C=O) groups is 2. The Labute approximate surface area is 146 Å². The monoisotopic (exact) mass is 346 g/mol. The molecule has 0 fully saturated rings. The maximum Gasteiger partial charge on any atom is 0.254 e. The van der Waals surface area contributed by atoms with E-state index < -0.39 is 6.10 Å². The fourth-order valence-electron chi connectivity index (χ4n) is 2.20. The van der Waals surface area contributed by atoms with E-state index in [0.717, 1.165) is 11.1 Å². The minimum Gasteiger partial charge on any atom is -0.367 e. The summed E-state index contributed by atoms with van der Waals surface area (Å²) in [6.07, 6.45) is -0.762. The molecule has 2 rings (SSSR count).